The highest BCUT2D eigenvalue weighted by Crippen LogP contribution is 2.06. The monoisotopic (exact) mass is 242 g/mol. The van der Waals surface area contributed by atoms with Gasteiger partial charge in [-0.1, -0.05) is 25.1 Å². The molecule has 0 heterocycles. The van der Waals surface area contributed by atoms with Crippen LogP contribution in [0.4, 0.5) is 0 Å². The van der Waals surface area contributed by atoms with Gasteiger partial charge in [0.15, 0.2) is 0 Å². The van der Waals surface area contributed by atoms with Crippen LogP contribution in [0.5, 0.6) is 0 Å². The molecule has 0 amide bonds. The van der Waals surface area contributed by atoms with Crippen LogP contribution >= 0.6 is 0 Å². The first-order chi connectivity index (χ1) is 7.56. The summed E-state index contributed by atoms with van der Waals surface area (Å²) in [5.74, 6) is 0. The summed E-state index contributed by atoms with van der Waals surface area (Å²) in [5.41, 5.74) is 0. The van der Waals surface area contributed by atoms with E-state index in [2.05, 4.69) is 4.72 Å². The molecule has 1 aromatic carbocycles. The van der Waals surface area contributed by atoms with Crippen molar-refractivity contribution in [2.45, 2.75) is 11.8 Å². The molecule has 16 heavy (non-hydrogen) atoms. The van der Waals surface area contributed by atoms with Gasteiger partial charge >= 0.3 is 0 Å². The van der Waals surface area contributed by atoms with Crippen molar-refractivity contribution in [3.8, 4) is 0 Å². The number of likely N-dealkylation sites (N-methyl/N-ethyl adjacent to an activating group) is 1. The summed E-state index contributed by atoms with van der Waals surface area (Å²) < 4.78 is 26.1. The predicted octanol–water partition coefficient (Wildman–Crippen LogP) is 0.917. The molecule has 1 N–H and O–H groups in total. The second-order valence-corrected chi connectivity index (χ2v) is 5.37. The summed E-state index contributed by atoms with van der Waals surface area (Å²) in [4.78, 5) is 2.36. The van der Waals surface area contributed by atoms with Crippen LogP contribution in [0.2, 0.25) is 0 Å². The minimum atomic E-state index is -3.34. The van der Waals surface area contributed by atoms with Crippen LogP contribution in [0.3, 0.4) is 0 Å². The zero-order valence-corrected chi connectivity index (χ0v) is 10.5. The Morgan fingerprint density at radius 1 is 1.25 bits per heavy atom. The molecule has 1 aromatic rings. The molecule has 4 nitrogen and oxygen atoms in total. The number of hydrogen-bond acceptors (Lipinski definition) is 3. The van der Waals surface area contributed by atoms with Crippen LogP contribution in [0.15, 0.2) is 35.2 Å². The topological polar surface area (TPSA) is 49.4 Å². The summed E-state index contributed by atoms with van der Waals surface area (Å²) in [7, 11) is -1.39. The Morgan fingerprint density at radius 2 is 1.88 bits per heavy atom. The smallest absolute Gasteiger partial charge is 0.240 e. The first-order valence-corrected chi connectivity index (χ1v) is 6.78. The fourth-order valence-corrected chi connectivity index (χ4v) is 2.25. The van der Waals surface area contributed by atoms with E-state index in [1.54, 1.807) is 30.3 Å². The third kappa shape index (κ3) is 3.92. The van der Waals surface area contributed by atoms with Crippen molar-refractivity contribution in [1.29, 1.82) is 0 Å². The normalized spacial score (nSPS) is 11.9. The van der Waals surface area contributed by atoms with Crippen LogP contribution in [0.25, 0.3) is 0 Å². The van der Waals surface area contributed by atoms with Gasteiger partial charge in [-0.05, 0) is 25.7 Å². The van der Waals surface area contributed by atoms with E-state index in [-0.39, 0.29) is 0 Å². The molecule has 90 valence electrons. The molecule has 0 aliphatic rings. The fraction of sp³-hybridized carbons (Fsp3) is 0.455. The number of nitrogens with zero attached hydrogens (tertiary/aromatic N) is 1. The van der Waals surface area contributed by atoms with Gasteiger partial charge in [-0.25, -0.2) is 13.1 Å². The molecule has 0 saturated carbocycles. The molecule has 0 unspecified atom stereocenters. The van der Waals surface area contributed by atoms with Crippen molar-refractivity contribution >= 4 is 10.0 Å². The molecule has 0 atom stereocenters. The number of benzene rings is 1. The van der Waals surface area contributed by atoms with Gasteiger partial charge in [-0.15, -0.1) is 0 Å². The number of hydrogen-bond donors (Lipinski definition) is 1. The highest BCUT2D eigenvalue weighted by Gasteiger charge is 2.12. The van der Waals surface area contributed by atoms with E-state index >= 15 is 0 Å². The van der Waals surface area contributed by atoms with Gasteiger partial charge in [-0.2, -0.15) is 0 Å². The zero-order chi connectivity index (χ0) is 12.0. The molecular formula is C11H18N2O2S. The molecule has 0 bridgehead atoms. The summed E-state index contributed by atoms with van der Waals surface area (Å²) in [6, 6.07) is 8.40. The maximum absolute atomic E-state index is 11.8. The lowest BCUT2D eigenvalue weighted by Gasteiger charge is -2.14. The van der Waals surface area contributed by atoms with Crippen molar-refractivity contribution in [3.05, 3.63) is 30.3 Å². The Morgan fingerprint density at radius 3 is 2.44 bits per heavy atom. The molecule has 0 aliphatic carbocycles. The van der Waals surface area contributed by atoms with Crippen LogP contribution < -0.4 is 4.72 Å². The molecule has 1 rings (SSSR count). The fourth-order valence-electron chi connectivity index (χ4n) is 1.21. The SMILES string of the molecule is CCN(C)CCNS(=O)(=O)c1ccccc1. The lowest BCUT2D eigenvalue weighted by Crippen LogP contribution is -2.32. The Bertz CT molecular complexity index is 403. The van der Waals surface area contributed by atoms with Gasteiger partial charge in [-0.3, -0.25) is 0 Å². The van der Waals surface area contributed by atoms with Crippen molar-refractivity contribution in [2.24, 2.45) is 0 Å². The summed E-state index contributed by atoms with van der Waals surface area (Å²) in [5, 5.41) is 0. The average Bonchev–Trinajstić information content (AvgIpc) is 2.30. The second-order valence-electron chi connectivity index (χ2n) is 3.61. The standard InChI is InChI=1S/C11H18N2O2S/c1-3-13(2)10-9-12-16(14,15)11-7-5-4-6-8-11/h4-8,12H,3,9-10H2,1-2H3. The van der Waals surface area contributed by atoms with E-state index in [9.17, 15) is 8.42 Å². The van der Waals surface area contributed by atoms with Gasteiger partial charge in [0, 0.05) is 13.1 Å². The minimum Gasteiger partial charge on any atom is -0.305 e. The maximum atomic E-state index is 11.8. The molecule has 0 spiro atoms. The third-order valence-corrected chi connectivity index (χ3v) is 3.86. The molecule has 0 fully saturated rings. The lowest BCUT2D eigenvalue weighted by atomic mass is 10.4. The average molecular weight is 242 g/mol. The Balaban J connectivity index is 2.54. The summed E-state index contributed by atoms with van der Waals surface area (Å²) in [6.45, 7) is 4.09. The van der Waals surface area contributed by atoms with Crippen molar-refractivity contribution in [3.63, 3.8) is 0 Å². The van der Waals surface area contributed by atoms with Crippen molar-refractivity contribution < 1.29 is 8.42 Å². The minimum absolute atomic E-state index is 0.314. The van der Waals surface area contributed by atoms with Gasteiger partial charge in [0.25, 0.3) is 0 Å². The van der Waals surface area contributed by atoms with Crippen LogP contribution in [0.1, 0.15) is 6.92 Å². The van der Waals surface area contributed by atoms with E-state index in [1.807, 2.05) is 18.9 Å². The highest BCUT2D eigenvalue weighted by atomic mass is 32.2. The van der Waals surface area contributed by atoms with E-state index in [4.69, 9.17) is 0 Å². The second kappa shape index (κ2) is 5.98. The maximum Gasteiger partial charge on any atom is 0.240 e. The van der Waals surface area contributed by atoms with E-state index in [0.29, 0.717) is 18.0 Å². The summed E-state index contributed by atoms with van der Waals surface area (Å²) >= 11 is 0. The lowest BCUT2D eigenvalue weighted by molar-refractivity contribution is 0.358. The first kappa shape index (κ1) is 13.2. The Labute approximate surface area is 97.3 Å². The van der Waals surface area contributed by atoms with Gasteiger partial charge in [0.1, 0.15) is 0 Å². The zero-order valence-electron chi connectivity index (χ0n) is 9.68. The number of rotatable bonds is 6. The van der Waals surface area contributed by atoms with E-state index < -0.39 is 10.0 Å². The van der Waals surface area contributed by atoms with Crippen LogP contribution in [0, 0.1) is 0 Å². The highest BCUT2D eigenvalue weighted by molar-refractivity contribution is 7.89. The van der Waals surface area contributed by atoms with Crippen molar-refractivity contribution in [1.82, 2.24) is 9.62 Å². The summed E-state index contributed by atoms with van der Waals surface area (Å²) in [6.07, 6.45) is 0. The van der Waals surface area contributed by atoms with E-state index in [1.165, 1.54) is 0 Å². The number of sulfonamides is 1. The van der Waals surface area contributed by atoms with Crippen LogP contribution in [-0.4, -0.2) is 40.0 Å². The quantitative estimate of drug-likeness (QED) is 0.807. The first-order valence-electron chi connectivity index (χ1n) is 5.29. The molecule has 0 radical (unpaired) electrons. The Kier molecular flexibility index (Phi) is 4.92. The van der Waals surface area contributed by atoms with Gasteiger partial charge < -0.3 is 4.90 Å². The van der Waals surface area contributed by atoms with Crippen LogP contribution in [-0.2, 0) is 10.0 Å². The molecular weight excluding hydrogens is 224 g/mol. The largest absolute Gasteiger partial charge is 0.305 e. The van der Waals surface area contributed by atoms with E-state index in [0.717, 1.165) is 6.54 Å². The third-order valence-electron chi connectivity index (χ3n) is 2.38. The molecule has 5 heteroatoms. The van der Waals surface area contributed by atoms with Gasteiger partial charge in [0.05, 0.1) is 4.90 Å². The molecule has 0 aromatic heterocycles. The molecule has 0 aliphatic heterocycles. The van der Waals surface area contributed by atoms with Crippen molar-refractivity contribution in [2.75, 3.05) is 26.7 Å². The molecule has 0 saturated heterocycles. The van der Waals surface area contributed by atoms with Gasteiger partial charge in [0.2, 0.25) is 10.0 Å². The number of nitrogens with one attached hydrogen (secondary N) is 1. The predicted molar refractivity (Wildman–Crippen MR) is 64.8 cm³/mol. The Hall–Kier alpha value is -0.910.